The number of amides is 1. The van der Waals surface area contributed by atoms with E-state index in [4.69, 9.17) is 23.7 Å². The molecule has 0 fully saturated rings. The van der Waals surface area contributed by atoms with E-state index >= 15 is 0 Å². The average Bonchev–Trinajstić information content (AvgIpc) is 3.05. The van der Waals surface area contributed by atoms with Crippen LogP contribution in [0.2, 0.25) is 0 Å². The molecule has 1 amide bonds. The topological polar surface area (TPSA) is 173 Å². The number of carbonyl (C=O) groups is 1. The number of aryl methyl sites for hydroxylation is 2. The zero-order valence-electron chi connectivity index (χ0n) is 28.3. The van der Waals surface area contributed by atoms with Crippen LogP contribution in [0.1, 0.15) is 35.7 Å². The molecule has 0 spiro atoms. The first-order valence-electron chi connectivity index (χ1n) is 15.8. The van der Waals surface area contributed by atoms with Crippen molar-refractivity contribution in [2.75, 3.05) is 59.1 Å². The molecule has 0 atom stereocenters. The summed E-state index contributed by atoms with van der Waals surface area (Å²) < 4.78 is 94.4. The van der Waals surface area contributed by atoms with Crippen molar-refractivity contribution in [3.05, 3.63) is 76.5 Å². The summed E-state index contributed by atoms with van der Waals surface area (Å²) in [5.74, 6) is -0.867. The maximum Gasteiger partial charge on any atom is 0.213 e. The first kappa shape index (κ1) is 41.7. The minimum atomic E-state index is -4.49. The predicted molar refractivity (Wildman–Crippen MR) is 182 cm³/mol. The summed E-state index contributed by atoms with van der Waals surface area (Å²) in [5, 5.41) is 0.601. The minimum Gasteiger partial charge on any atom is -0.748 e. The quantitative estimate of drug-likeness (QED) is 0.0541. The van der Waals surface area contributed by atoms with Crippen molar-refractivity contribution >= 4 is 47.9 Å². The van der Waals surface area contributed by atoms with E-state index in [0.29, 0.717) is 59.7 Å². The Morgan fingerprint density at radius 2 is 1.32 bits per heavy atom. The van der Waals surface area contributed by atoms with Gasteiger partial charge >= 0.3 is 0 Å². The smallest absolute Gasteiger partial charge is 0.213 e. The Morgan fingerprint density at radius 1 is 0.780 bits per heavy atom. The van der Waals surface area contributed by atoms with Crippen molar-refractivity contribution in [3.63, 3.8) is 0 Å². The van der Waals surface area contributed by atoms with Gasteiger partial charge in [0.2, 0.25) is 11.0 Å². The average molecular weight is 807 g/mol. The van der Waals surface area contributed by atoms with Gasteiger partial charge in [0.15, 0.2) is 6.54 Å². The van der Waals surface area contributed by atoms with Crippen LogP contribution in [0.4, 0.5) is 0 Å². The van der Waals surface area contributed by atoms with Crippen LogP contribution in [0.5, 0.6) is 11.5 Å². The number of methoxy groups -OCH3 is 1. The number of carbonyl (C=O) groups excluding carboxylic acids is 1. The van der Waals surface area contributed by atoms with Crippen molar-refractivity contribution < 1.29 is 87.1 Å². The van der Waals surface area contributed by atoms with Gasteiger partial charge in [-0.25, -0.2) is 16.8 Å². The number of rotatable bonds is 20. The molecule has 0 saturated heterocycles. The molecule has 3 aromatic carbocycles. The van der Waals surface area contributed by atoms with E-state index in [9.17, 15) is 26.2 Å². The zero-order chi connectivity index (χ0) is 35.4. The molecule has 1 radical (unpaired) electrons. The Balaban J connectivity index is 0.00000676. The van der Waals surface area contributed by atoms with E-state index < -0.39 is 31.8 Å². The van der Waals surface area contributed by atoms with Crippen LogP contribution in [0.15, 0.2) is 65.6 Å². The number of hydrogen-bond acceptors (Lipinski definition) is 11. The predicted octanol–water partition coefficient (Wildman–Crippen LogP) is 4.27. The minimum absolute atomic E-state index is 0. The monoisotopic (exact) mass is 806 g/mol. The summed E-state index contributed by atoms with van der Waals surface area (Å²) in [6, 6.07) is 15.9. The molecule has 0 N–H and O–H groups in total. The molecule has 0 aliphatic rings. The molecule has 16 heteroatoms. The molecule has 269 valence electrons. The second-order valence-electron chi connectivity index (χ2n) is 11.1. The molecule has 0 bridgehead atoms. The molecule has 0 saturated carbocycles. The maximum absolute atomic E-state index is 14.1. The summed E-state index contributed by atoms with van der Waals surface area (Å²) in [6.45, 7) is 6.28. The number of nitrogens with zero attached hydrogens (tertiary/aromatic N) is 2. The number of sulfonamides is 1. The number of ether oxygens (including phenoxy) is 5. The van der Waals surface area contributed by atoms with Gasteiger partial charge in [-0.3, -0.25) is 0 Å². The molecule has 1 aromatic heterocycles. The summed E-state index contributed by atoms with van der Waals surface area (Å²) in [4.78, 5) is 14.0. The molecule has 4 aromatic rings. The van der Waals surface area contributed by atoms with Gasteiger partial charge in [-0.15, -0.1) is 0 Å². The van der Waals surface area contributed by atoms with Crippen LogP contribution >= 0.6 is 0 Å². The summed E-state index contributed by atoms with van der Waals surface area (Å²) in [6.07, 6.45) is 0.841. The molecule has 0 unspecified atom stereocenters. The Bertz CT molecular complexity index is 1960. The van der Waals surface area contributed by atoms with Crippen LogP contribution in [-0.4, -0.2) is 86.4 Å². The zero-order valence-corrected chi connectivity index (χ0v) is 32.8. The van der Waals surface area contributed by atoms with E-state index in [2.05, 4.69) is 4.72 Å². The Labute approximate surface area is 318 Å². The van der Waals surface area contributed by atoms with Crippen molar-refractivity contribution in [3.8, 4) is 11.5 Å². The largest absolute Gasteiger partial charge is 0.748 e. The molecule has 1 heterocycles. The fourth-order valence-corrected chi connectivity index (χ4v) is 6.45. The molecule has 0 aliphatic heterocycles. The van der Waals surface area contributed by atoms with Crippen LogP contribution in [-0.2, 0) is 73.6 Å². The maximum atomic E-state index is 14.1. The summed E-state index contributed by atoms with van der Waals surface area (Å²) in [7, 11) is -7.33. The van der Waals surface area contributed by atoms with Crippen molar-refractivity contribution in [2.45, 2.75) is 38.1 Å². The molecular formula is C34H41N2O11S2Y-. The third-order valence-corrected chi connectivity index (χ3v) is 9.40. The summed E-state index contributed by atoms with van der Waals surface area (Å²) in [5.41, 5.74) is 1.75. The van der Waals surface area contributed by atoms with Crippen LogP contribution in [0, 0.1) is 6.92 Å². The molecule has 13 nitrogen and oxygen atoms in total. The molecule has 0 aliphatic carbocycles. The standard InChI is InChI=1S/C34H42N2O11S2.Y/c1-4-15-44-18-20-46-26-8-12-31-29(23-26)33(34(37)35-49(41,42)28-10-6-25(2)7-11-28)30-24-27(47-21-19-45-17-16-43-3)9-13-32(30)36(31)14-5-22-48(38,39)40;/h6-13,23-24H,4-5,14-22H2,1-3H3,(H-,35,37,38,39,40);/p-1. The number of aromatic nitrogens is 1. The van der Waals surface area contributed by atoms with Crippen LogP contribution in [0.3, 0.4) is 0 Å². The van der Waals surface area contributed by atoms with Gasteiger partial charge in [-0.05, 0) is 49.7 Å². The fourth-order valence-electron chi connectivity index (χ4n) is 5.07. The van der Waals surface area contributed by atoms with E-state index in [1.54, 1.807) is 60.2 Å². The van der Waals surface area contributed by atoms with Gasteiger partial charge in [-0.1, -0.05) is 24.6 Å². The Morgan fingerprint density at radius 3 is 1.84 bits per heavy atom. The van der Waals surface area contributed by atoms with Gasteiger partial charge in [0, 0.05) is 76.3 Å². The molecule has 4 rings (SSSR count). The number of pyridine rings is 1. The van der Waals surface area contributed by atoms with Crippen molar-refractivity contribution in [2.24, 2.45) is 0 Å². The molecular weight excluding hydrogens is 765 g/mol. The fraction of sp³-hybridized carbons (Fsp3) is 0.412. The first-order valence-corrected chi connectivity index (χ1v) is 18.8. The normalized spacial score (nSPS) is 11.8. The second-order valence-corrected chi connectivity index (χ2v) is 14.2. The third kappa shape index (κ3) is 11.9. The van der Waals surface area contributed by atoms with Gasteiger partial charge < -0.3 is 37.8 Å². The molecule has 50 heavy (non-hydrogen) atoms. The van der Waals surface area contributed by atoms with Crippen molar-refractivity contribution in [1.29, 1.82) is 0 Å². The SMILES string of the molecule is CCCOCCOc1ccc2c(c1)c(C(=O)[N-]S(=O)(=O)c1ccc(C)cc1)c1cc(OCCOCCOC)ccc1[n+]2CCCS(=O)(=O)[O-].[Y]. The first-order chi connectivity index (χ1) is 23.4. The van der Waals surface area contributed by atoms with Crippen molar-refractivity contribution in [1.82, 2.24) is 0 Å². The number of fused-ring (bicyclic) bond motifs is 2. The number of benzene rings is 3. The third-order valence-electron chi connectivity index (χ3n) is 7.34. The van der Waals surface area contributed by atoms with Crippen LogP contribution < -0.4 is 14.0 Å². The Hall–Kier alpha value is -2.76. The summed E-state index contributed by atoms with van der Waals surface area (Å²) >= 11 is 0. The van der Waals surface area contributed by atoms with Gasteiger partial charge in [0.05, 0.1) is 58.1 Å². The van der Waals surface area contributed by atoms with E-state index in [0.717, 1.165) is 12.0 Å². The van der Waals surface area contributed by atoms with Gasteiger partial charge in [0.1, 0.15) is 34.7 Å². The van der Waals surface area contributed by atoms with E-state index in [1.807, 2.05) is 13.8 Å². The van der Waals surface area contributed by atoms with E-state index in [1.165, 1.54) is 12.1 Å². The second kappa shape index (κ2) is 19.7. The Kier molecular flexibility index (Phi) is 16.5. The van der Waals surface area contributed by atoms with Crippen LogP contribution in [0.25, 0.3) is 26.5 Å². The number of hydrogen-bond donors (Lipinski definition) is 0. The van der Waals surface area contributed by atoms with E-state index in [-0.39, 0.29) is 76.0 Å². The van der Waals surface area contributed by atoms with Gasteiger partial charge in [0.25, 0.3) is 0 Å². The van der Waals surface area contributed by atoms with Gasteiger partial charge in [-0.2, -0.15) is 4.57 Å².